The Morgan fingerprint density at radius 3 is 2.80 bits per heavy atom. The molecule has 20 heavy (non-hydrogen) atoms. The topological polar surface area (TPSA) is 59.9 Å². The first kappa shape index (κ1) is 15.4. The summed E-state index contributed by atoms with van der Waals surface area (Å²) in [6.45, 7) is 8.17. The van der Waals surface area contributed by atoms with Crippen LogP contribution >= 0.6 is 15.9 Å². The van der Waals surface area contributed by atoms with Crippen molar-refractivity contribution < 1.29 is 5.21 Å². The lowest BCUT2D eigenvalue weighted by Gasteiger charge is -2.29. The molecular weight excluding hydrogens is 320 g/mol. The van der Waals surface area contributed by atoms with E-state index >= 15 is 0 Å². The van der Waals surface area contributed by atoms with Crippen molar-refractivity contribution in [2.45, 2.75) is 46.1 Å². The van der Waals surface area contributed by atoms with Crippen molar-refractivity contribution in [1.29, 1.82) is 0 Å². The molecular formula is C14H23BrN4O. The Hall–Kier alpha value is -1.01. The SMILES string of the molecule is CCCN=C1NC2=C(NO)C(Br)=C(C)CC2N1CCC. The number of allylic oxidation sites excluding steroid dienone is 1. The summed E-state index contributed by atoms with van der Waals surface area (Å²) >= 11 is 3.55. The van der Waals surface area contributed by atoms with Crippen molar-refractivity contribution in [3.05, 3.63) is 21.4 Å². The third-order valence-corrected chi connectivity index (χ3v) is 4.73. The molecule has 5 nitrogen and oxygen atoms in total. The summed E-state index contributed by atoms with van der Waals surface area (Å²) < 4.78 is 0.937. The maximum atomic E-state index is 9.43. The number of halogens is 1. The predicted octanol–water partition coefficient (Wildman–Crippen LogP) is 2.70. The van der Waals surface area contributed by atoms with Gasteiger partial charge in [-0.1, -0.05) is 19.4 Å². The molecule has 0 saturated carbocycles. The van der Waals surface area contributed by atoms with Crippen LogP contribution in [0.2, 0.25) is 0 Å². The lowest BCUT2D eigenvalue weighted by molar-refractivity contribution is 0.200. The predicted molar refractivity (Wildman–Crippen MR) is 84.7 cm³/mol. The van der Waals surface area contributed by atoms with E-state index in [4.69, 9.17) is 0 Å². The van der Waals surface area contributed by atoms with Crippen molar-refractivity contribution in [2.75, 3.05) is 13.1 Å². The fourth-order valence-electron chi connectivity index (χ4n) is 2.69. The Labute approximate surface area is 128 Å². The fraction of sp³-hybridized carbons (Fsp3) is 0.643. The number of guanidine groups is 1. The van der Waals surface area contributed by atoms with Crippen LogP contribution in [-0.2, 0) is 0 Å². The van der Waals surface area contributed by atoms with Crippen LogP contribution in [0.4, 0.5) is 0 Å². The van der Waals surface area contributed by atoms with Gasteiger partial charge < -0.3 is 10.2 Å². The Morgan fingerprint density at radius 2 is 2.20 bits per heavy atom. The summed E-state index contributed by atoms with van der Waals surface area (Å²) in [5.74, 6) is 0.927. The number of fused-ring (bicyclic) bond motifs is 1. The Balaban J connectivity index is 2.37. The number of hydrogen-bond donors (Lipinski definition) is 3. The number of nitrogens with zero attached hydrogens (tertiary/aromatic N) is 2. The van der Waals surface area contributed by atoms with Crippen LogP contribution in [0.1, 0.15) is 40.0 Å². The first-order chi connectivity index (χ1) is 9.63. The average molecular weight is 343 g/mol. The minimum Gasteiger partial charge on any atom is -0.334 e. The zero-order chi connectivity index (χ0) is 14.7. The van der Waals surface area contributed by atoms with Gasteiger partial charge in [0, 0.05) is 17.6 Å². The highest BCUT2D eigenvalue weighted by Gasteiger charge is 2.38. The second-order valence-corrected chi connectivity index (χ2v) is 6.03. The number of nitrogens with one attached hydrogen (secondary N) is 2. The van der Waals surface area contributed by atoms with Gasteiger partial charge in [-0.05, 0) is 42.1 Å². The minimum absolute atomic E-state index is 0.238. The van der Waals surface area contributed by atoms with Crippen LogP contribution in [0.25, 0.3) is 0 Å². The van der Waals surface area contributed by atoms with Gasteiger partial charge >= 0.3 is 0 Å². The van der Waals surface area contributed by atoms with E-state index in [9.17, 15) is 5.21 Å². The highest BCUT2D eigenvalue weighted by atomic mass is 79.9. The molecule has 0 aromatic carbocycles. The van der Waals surface area contributed by atoms with Crippen LogP contribution < -0.4 is 10.8 Å². The molecule has 6 heteroatoms. The van der Waals surface area contributed by atoms with Gasteiger partial charge in [-0.25, -0.2) is 0 Å². The van der Waals surface area contributed by atoms with Crippen molar-refractivity contribution in [2.24, 2.45) is 4.99 Å². The van der Waals surface area contributed by atoms with Gasteiger partial charge in [0.15, 0.2) is 5.96 Å². The zero-order valence-electron chi connectivity index (χ0n) is 12.3. The van der Waals surface area contributed by atoms with Crippen LogP contribution in [0.15, 0.2) is 26.4 Å². The van der Waals surface area contributed by atoms with Crippen LogP contribution in [0, 0.1) is 0 Å². The first-order valence-electron chi connectivity index (χ1n) is 7.22. The van der Waals surface area contributed by atoms with Gasteiger partial charge in [-0.2, -0.15) is 0 Å². The molecule has 1 saturated heterocycles. The van der Waals surface area contributed by atoms with Gasteiger partial charge in [0.2, 0.25) is 0 Å². The van der Waals surface area contributed by atoms with Crippen LogP contribution in [0.5, 0.6) is 0 Å². The van der Waals surface area contributed by atoms with E-state index in [1.165, 1.54) is 5.57 Å². The van der Waals surface area contributed by atoms with Gasteiger partial charge in [0.25, 0.3) is 0 Å². The summed E-state index contributed by atoms with van der Waals surface area (Å²) in [5, 5.41) is 12.8. The van der Waals surface area contributed by atoms with E-state index in [1.807, 2.05) is 0 Å². The number of rotatable bonds is 5. The summed E-state index contributed by atoms with van der Waals surface area (Å²) in [6, 6.07) is 0.238. The van der Waals surface area contributed by atoms with Gasteiger partial charge in [0.1, 0.15) is 0 Å². The quantitative estimate of drug-likeness (QED) is 0.672. The molecule has 0 amide bonds. The molecule has 1 fully saturated rings. The number of hydroxylamine groups is 1. The number of hydrogen-bond acceptors (Lipinski definition) is 3. The molecule has 0 aromatic rings. The average Bonchev–Trinajstić information content (AvgIpc) is 2.76. The van der Waals surface area contributed by atoms with E-state index < -0.39 is 0 Å². The highest BCUT2D eigenvalue weighted by Crippen LogP contribution is 2.36. The molecule has 1 aliphatic heterocycles. The lowest BCUT2D eigenvalue weighted by atomic mass is 9.96. The van der Waals surface area contributed by atoms with Crippen LogP contribution in [-0.4, -0.2) is 35.2 Å². The largest absolute Gasteiger partial charge is 0.334 e. The second kappa shape index (κ2) is 6.63. The van der Waals surface area contributed by atoms with E-state index in [1.54, 1.807) is 0 Å². The molecule has 1 heterocycles. The summed E-state index contributed by atoms with van der Waals surface area (Å²) in [4.78, 5) is 6.95. The molecule has 0 spiro atoms. The molecule has 112 valence electrons. The molecule has 1 atom stereocenters. The molecule has 0 radical (unpaired) electrons. The molecule has 2 aliphatic rings. The van der Waals surface area contributed by atoms with E-state index in [0.717, 1.165) is 54.2 Å². The summed E-state index contributed by atoms with van der Waals surface area (Å²) in [5.41, 5.74) is 5.29. The molecule has 1 unspecified atom stereocenters. The van der Waals surface area contributed by atoms with Crippen molar-refractivity contribution >= 4 is 21.9 Å². The van der Waals surface area contributed by atoms with E-state index in [2.05, 4.69) is 57.4 Å². The fourth-order valence-corrected chi connectivity index (χ4v) is 3.16. The Morgan fingerprint density at radius 1 is 1.45 bits per heavy atom. The standard InChI is InChI=1S/C14H23BrN4O/c1-4-6-16-14-17-12-10(19(14)7-5-2)8-9(3)11(15)13(12)18-20/h10,18,20H,4-8H2,1-3H3,(H,16,17). The molecule has 0 aromatic heterocycles. The summed E-state index contributed by atoms with van der Waals surface area (Å²) in [7, 11) is 0. The van der Waals surface area contributed by atoms with Gasteiger partial charge in [0.05, 0.1) is 17.4 Å². The summed E-state index contributed by atoms with van der Waals surface area (Å²) in [6.07, 6.45) is 3.04. The second-order valence-electron chi connectivity index (χ2n) is 5.24. The molecule has 2 rings (SSSR count). The third kappa shape index (κ3) is 2.72. The van der Waals surface area contributed by atoms with Gasteiger partial charge in [-0.15, -0.1) is 0 Å². The van der Waals surface area contributed by atoms with Crippen molar-refractivity contribution in [3.8, 4) is 0 Å². The molecule has 1 aliphatic carbocycles. The Bertz CT molecular complexity index is 470. The van der Waals surface area contributed by atoms with Crippen molar-refractivity contribution in [3.63, 3.8) is 0 Å². The maximum Gasteiger partial charge on any atom is 0.198 e. The molecule has 3 N–H and O–H groups in total. The third-order valence-electron chi connectivity index (χ3n) is 3.65. The van der Waals surface area contributed by atoms with E-state index in [0.29, 0.717) is 0 Å². The number of aliphatic imine (C=N–C) groups is 1. The normalized spacial score (nSPS) is 24.4. The zero-order valence-corrected chi connectivity index (χ0v) is 13.9. The minimum atomic E-state index is 0.238. The van der Waals surface area contributed by atoms with E-state index in [-0.39, 0.29) is 6.04 Å². The van der Waals surface area contributed by atoms with Crippen molar-refractivity contribution in [1.82, 2.24) is 15.7 Å². The van der Waals surface area contributed by atoms with Crippen LogP contribution in [0.3, 0.4) is 0 Å². The first-order valence-corrected chi connectivity index (χ1v) is 8.01. The molecule has 0 bridgehead atoms. The maximum absolute atomic E-state index is 9.43. The van der Waals surface area contributed by atoms with Gasteiger partial charge in [-0.3, -0.25) is 15.7 Å². The highest BCUT2D eigenvalue weighted by molar-refractivity contribution is 9.12. The monoisotopic (exact) mass is 342 g/mol. The Kier molecular flexibility index (Phi) is 5.10. The smallest absolute Gasteiger partial charge is 0.198 e. The lowest BCUT2D eigenvalue weighted by Crippen LogP contribution is -2.37.